The zero-order valence-corrected chi connectivity index (χ0v) is 10.5. The van der Waals surface area contributed by atoms with E-state index in [4.69, 9.17) is 0 Å². The third-order valence-corrected chi connectivity index (χ3v) is 4.52. The number of sulfone groups is 1. The second-order valence-corrected chi connectivity index (χ2v) is 6.62. The van der Waals surface area contributed by atoms with Gasteiger partial charge in [0.2, 0.25) is 5.91 Å². The van der Waals surface area contributed by atoms with Crippen LogP contribution in [0.15, 0.2) is 0 Å². The second-order valence-electron chi connectivity index (χ2n) is 4.15. The Morgan fingerprint density at radius 3 is 2.81 bits per heavy atom. The molecule has 1 amide bonds. The Balaban J connectivity index is 2.15. The highest BCUT2D eigenvalue weighted by Crippen LogP contribution is 2.11. The predicted molar refractivity (Wildman–Crippen MR) is 62.9 cm³/mol. The number of rotatable bonds is 6. The Bertz CT molecular complexity index is 321. The van der Waals surface area contributed by atoms with E-state index in [1.165, 1.54) is 0 Å². The van der Waals surface area contributed by atoms with Gasteiger partial charge in [-0.25, -0.2) is 8.42 Å². The monoisotopic (exact) mass is 248 g/mol. The molecule has 1 heterocycles. The van der Waals surface area contributed by atoms with Gasteiger partial charge in [-0.2, -0.15) is 0 Å². The molecule has 5 nitrogen and oxygen atoms in total. The minimum Gasteiger partial charge on any atom is -0.355 e. The average Bonchev–Trinajstić information content (AvgIpc) is 2.70. The van der Waals surface area contributed by atoms with Crippen molar-refractivity contribution in [1.29, 1.82) is 0 Å². The van der Waals surface area contributed by atoms with Crippen LogP contribution >= 0.6 is 0 Å². The van der Waals surface area contributed by atoms with Crippen molar-refractivity contribution in [3.63, 3.8) is 0 Å². The van der Waals surface area contributed by atoms with E-state index in [0.29, 0.717) is 12.3 Å². The van der Waals surface area contributed by atoms with E-state index in [-0.39, 0.29) is 24.0 Å². The zero-order valence-electron chi connectivity index (χ0n) is 9.66. The summed E-state index contributed by atoms with van der Waals surface area (Å²) in [6.07, 6.45) is 1.53. The summed E-state index contributed by atoms with van der Waals surface area (Å²) in [6, 6.07) is 0. The molecule has 2 N–H and O–H groups in total. The first-order valence-electron chi connectivity index (χ1n) is 5.71. The number of nitrogens with one attached hydrogen (secondary N) is 2. The molecular weight excluding hydrogens is 228 g/mol. The molecule has 0 spiro atoms. The minimum atomic E-state index is -2.97. The molecule has 0 aromatic rings. The molecule has 1 atom stereocenters. The molecule has 1 fully saturated rings. The molecule has 0 aliphatic carbocycles. The fraction of sp³-hybridized carbons (Fsp3) is 0.900. The number of amides is 1. The Morgan fingerprint density at radius 1 is 1.50 bits per heavy atom. The molecule has 6 heteroatoms. The van der Waals surface area contributed by atoms with Crippen LogP contribution in [0.4, 0.5) is 0 Å². The Labute approximate surface area is 96.9 Å². The topological polar surface area (TPSA) is 75.3 Å². The van der Waals surface area contributed by atoms with Crippen LogP contribution in [-0.4, -0.2) is 45.5 Å². The van der Waals surface area contributed by atoms with Crippen LogP contribution in [0.3, 0.4) is 0 Å². The molecule has 1 unspecified atom stereocenters. The fourth-order valence-corrected chi connectivity index (χ4v) is 2.42. The highest BCUT2D eigenvalue weighted by atomic mass is 32.2. The first-order chi connectivity index (χ1) is 7.53. The third-order valence-electron chi connectivity index (χ3n) is 2.81. The minimum absolute atomic E-state index is 0.0398. The summed E-state index contributed by atoms with van der Waals surface area (Å²) in [5.41, 5.74) is 0. The van der Waals surface area contributed by atoms with Crippen LogP contribution in [0.1, 0.15) is 19.8 Å². The SMILES string of the molecule is CCS(=O)(=O)CCNC(=O)CC1CCNC1. The van der Waals surface area contributed by atoms with Crippen molar-refractivity contribution in [2.24, 2.45) is 5.92 Å². The lowest BCUT2D eigenvalue weighted by Gasteiger charge is -2.08. The summed E-state index contributed by atoms with van der Waals surface area (Å²) in [5.74, 6) is 0.538. The normalized spacial score (nSPS) is 20.9. The van der Waals surface area contributed by atoms with Gasteiger partial charge in [-0.1, -0.05) is 6.92 Å². The highest BCUT2D eigenvalue weighted by Gasteiger charge is 2.18. The molecule has 1 aliphatic rings. The van der Waals surface area contributed by atoms with Gasteiger partial charge in [0.1, 0.15) is 0 Å². The van der Waals surface area contributed by atoms with Crippen molar-refractivity contribution >= 4 is 15.7 Å². The van der Waals surface area contributed by atoms with Crippen molar-refractivity contribution in [2.75, 3.05) is 31.1 Å². The average molecular weight is 248 g/mol. The van der Waals surface area contributed by atoms with E-state index in [9.17, 15) is 13.2 Å². The van der Waals surface area contributed by atoms with Crippen molar-refractivity contribution in [2.45, 2.75) is 19.8 Å². The van der Waals surface area contributed by atoms with E-state index < -0.39 is 9.84 Å². The standard InChI is InChI=1S/C10H20N2O3S/c1-2-16(14,15)6-5-12-10(13)7-9-3-4-11-8-9/h9,11H,2-8H2,1H3,(H,12,13). The summed E-state index contributed by atoms with van der Waals surface area (Å²) in [5, 5.41) is 5.85. The van der Waals surface area contributed by atoms with E-state index in [1.807, 2.05) is 0 Å². The van der Waals surface area contributed by atoms with Gasteiger partial charge in [0.15, 0.2) is 9.84 Å². The van der Waals surface area contributed by atoms with Gasteiger partial charge in [0.25, 0.3) is 0 Å². The van der Waals surface area contributed by atoms with E-state index in [2.05, 4.69) is 10.6 Å². The summed E-state index contributed by atoms with van der Waals surface area (Å²) >= 11 is 0. The van der Waals surface area contributed by atoms with E-state index in [1.54, 1.807) is 6.92 Å². The number of hydrogen-bond acceptors (Lipinski definition) is 4. The second kappa shape index (κ2) is 6.20. The van der Waals surface area contributed by atoms with Gasteiger partial charge in [0.05, 0.1) is 5.75 Å². The number of hydrogen-bond donors (Lipinski definition) is 2. The quantitative estimate of drug-likeness (QED) is 0.667. The molecule has 1 aliphatic heterocycles. The summed E-state index contributed by atoms with van der Waals surface area (Å²) in [6.45, 7) is 3.71. The van der Waals surface area contributed by atoms with Gasteiger partial charge in [0, 0.05) is 18.7 Å². The zero-order chi connectivity index (χ0) is 12.0. The molecule has 1 saturated heterocycles. The van der Waals surface area contributed by atoms with Gasteiger partial charge >= 0.3 is 0 Å². The lowest BCUT2D eigenvalue weighted by atomic mass is 10.1. The smallest absolute Gasteiger partial charge is 0.220 e. The van der Waals surface area contributed by atoms with Crippen molar-refractivity contribution < 1.29 is 13.2 Å². The van der Waals surface area contributed by atoms with Crippen LogP contribution < -0.4 is 10.6 Å². The van der Waals surface area contributed by atoms with Crippen LogP contribution in [-0.2, 0) is 14.6 Å². The Morgan fingerprint density at radius 2 is 2.25 bits per heavy atom. The first kappa shape index (κ1) is 13.4. The van der Waals surface area contributed by atoms with Crippen molar-refractivity contribution in [1.82, 2.24) is 10.6 Å². The molecule has 1 rings (SSSR count). The summed E-state index contributed by atoms with van der Waals surface area (Å²) in [7, 11) is -2.97. The van der Waals surface area contributed by atoms with E-state index >= 15 is 0 Å². The molecule has 0 aromatic heterocycles. The van der Waals surface area contributed by atoms with Gasteiger partial charge in [-0.3, -0.25) is 4.79 Å². The maximum Gasteiger partial charge on any atom is 0.220 e. The maximum atomic E-state index is 11.4. The number of carbonyl (C=O) groups is 1. The lowest BCUT2D eigenvalue weighted by molar-refractivity contribution is -0.121. The van der Waals surface area contributed by atoms with Crippen LogP contribution in [0.5, 0.6) is 0 Å². The molecule has 0 radical (unpaired) electrons. The summed E-state index contributed by atoms with van der Waals surface area (Å²) in [4.78, 5) is 11.4. The van der Waals surface area contributed by atoms with E-state index in [0.717, 1.165) is 19.5 Å². The summed E-state index contributed by atoms with van der Waals surface area (Å²) < 4.78 is 22.3. The van der Waals surface area contributed by atoms with Gasteiger partial charge < -0.3 is 10.6 Å². The maximum absolute atomic E-state index is 11.4. The van der Waals surface area contributed by atoms with Crippen molar-refractivity contribution in [3.05, 3.63) is 0 Å². The lowest BCUT2D eigenvalue weighted by Crippen LogP contribution is -2.31. The first-order valence-corrected chi connectivity index (χ1v) is 7.53. The predicted octanol–water partition coefficient (Wildman–Crippen LogP) is -0.463. The molecule has 16 heavy (non-hydrogen) atoms. The van der Waals surface area contributed by atoms with Gasteiger partial charge in [-0.15, -0.1) is 0 Å². The van der Waals surface area contributed by atoms with Crippen molar-refractivity contribution in [3.8, 4) is 0 Å². The Kier molecular flexibility index (Phi) is 5.21. The third kappa shape index (κ3) is 4.94. The molecular formula is C10H20N2O3S. The van der Waals surface area contributed by atoms with Crippen LogP contribution in [0.25, 0.3) is 0 Å². The molecule has 0 saturated carbocycles. The van der Waals surface area contributed by atoms with Crippen LogP contribution in [0.2, 0.25) is 0 Å². The highest BCUT2D eigenvalue weighted by molar-refractivity contribution is 7.91. The number of carbonyl (C=O) groups excluding carboxylic acids is 1. The van der Waals surface area contributed by atoms with Crippen LogP contribution in [0, 0.1) is 5.92 Å². The molecule has 0 bridgehead atoms. The fourth-order valence-electron chi connectivity index (χ4n) is 1.71. The molecule has 94 valence electrons. The largest absolute Gasteiger partial charge is 0.355 e. The molecule has 0 aromatic carbocycles. The van der Waals surface area contributed by atoms with Gasteiger partial charge in [-0.05, 0) is 25.4 Å². The Hall–Kier alpha value is -0.620.